The number of aliphatic carboxylic acids is 1. The molecule has 0 aliphatic carbocycles. The van der Waals surface area contributed by atoms with E-state index in [1.165, 1.54) is 0 Å². The highest BCUT2D eigenvalue weighted by Crippen LogP contribution is 2.30. The third-order valence-electron chi connectivity index (χ3n) is 4.14. The molecule has 5 heteroatoms. The van der Waals surface area contributed by atoms with Crippen LogP contribution in [0.1, 0.15) is 25.3 Å². The van der Waals surface area contributed by atoms with Gasteiger partial charge in [0.15, 0.2) is 0 Å². The SMILES string of the molecule is CC1(C(=O)O)CCCN(C(=O)C(N)Cc2ccccc2)C1. The molecule has 0 saturated carbocycles. The number of amides is 1. The first-order valence-corrected chi connectivity index (χ1v) is 7.24. The number of rotatable bonds is 4. The van der Waals surface area contributed by atoms with Crippen molar-refractivity contribution in [1.82, 2.24) is 4.90 Å². The molecule has 0 spiro atoms. The predicted molar refractivity (Wildman–Crippen MR) is 79.7 cm³/mol. The summed E-state index contributed by atoms with van der Waals surface area (Å²) in [5.41, 5.74) is 6.16. The van der Waals surface area contributed by atoms with E-state index in [9.17, 15) is 14.7 Å². The maximum absolute atomic E-state index is 12.4. The number of carbonyl (C=O) groups is 2. The molecule has 2 unspecified atom stereocenters. The zero-order chi connectivity index (χ0) is 15.5. The van der Waals surface area contributed by atoms with Crippen molar-refractivity contribution in [3.05, 3.63) is 35.9 Å². The van der Waals surface area contributed by atoms with Gasteiger partial charge < -0.3 is 15.7 Å². The van der Waals surface area contributed by atoms with Crippen molar-refractivity contribution in [2.24, 2.45) is 11.1 Å². The Morgan fingerprint density at radius 3 is 2.67 bits per heavy atom. The Morgan fingerprint density at radius 1 is 1.38 bits per heavy atom. The lowest BCUT2D eigenvalue weighted by Crippen LogP contribution is -2.53. The van der Waals surface area contributed by atoms with Crippen LogP contribution >= 0.6 is 0 Å². The van der Waals surface area contributed by atoms with Gasteiger partial charge in [0, 0.05) is 13.1 Å². The Bertz CT molecular complexity index is 518. The highest BCUT2D eigenvalue weighted by atomic mass is 16.4. The predicted octanol–water partition coefficient (Wildman–Crippen LogP) is 1.27. The van der Waals surface area contributed by atoms with Crippen LogP contribution in [-0.2, 0) is 16.0 Å². The third-order valence-corrected chi connectivity index (χ3v) is 4.14. The zero-order valence-corrected chi connectivity index (χ0v) is 12.3. The first-order valence-electron chi connectivity index (χ1n) is 7.24. The van der Waals surface area contributed by atoms with Gasteiger partial charge in [-0.05, 0) is 31.7 Å². The minimum atomic E-state index is -0.861. The molecule has 1 aromatic rings. The number of carbonyl (C=O) groups excluding carboxylic acids is 1. The van der Waals surface area contributed by atoms with E-state index in [0.717, 1.165) is 5.56 Å². The molecule has 1 heterocycles. The van der Waals surface area contributed by atoms with Crippen LogP contribution in [0.4, 0.5) is 0 Å². The lowest BCUT2D eigenvalue weighted by Gasteiger charge is -2.38. The van der Waals surface area contributed by atoms with E-state index in [1.54, 1.807) is 11.8 Å². The van der Waals surface area contributed by atoms with Crippen molar-refractivity contribution >= 4 is 11.9 Å². The highest BCUT2D eigenvalue weighted by Gasteiger charge is 2.40. The Labute approximate surface area is 124 Å². The molecule has 0 bridgehead atoms. The number of benzene rings is 1. The lowest BCUT2D eigenvalue weighted by atomic mass is 9.82. The number of hydrogen-bond donors (Lipinski definition) is 2. The number of hydrogen-bond acceptors (Lipinski definition) is 3. The Morgan fingerprint density at radius 2 is 2.05 bits per heavy atom. The second kappa shape index (κ2) is 6.26. The van der Waals surface area contributed by atoms with Crippen molar-refractivity contribution in [3.63, 3.8) is 0 Å². The Kier molecular flexibility index (Phi) is 4.63. The van der Waals surface area contributed by atoms with Crippen LogP contribution in [0.5, 0.6) is 0 Å². The number of nitrogens with zero attached hydrogens (tertiary/aromatic N) is 1. The molecule has 2 atom stereocenters. The van der Waals surface area contributed by atoms with Crippen molar-refractivity contribution in [1.29, 1.82) is 0 Å². The van der Waals surface area contributed by atoms with Crippen LogP contribution in [0, 0.1) is 5.41 Å². The van der Waals surface area contributed by atoms with Gasteiger partial charge in [0.25, 0.3) is 0 Å². The van der Waals surface area contributed by atoms with Crippen molar-refractivity contribution < 1.29 is 14.7 Å². The summed E-state index contributed by atoms with van der Waals surface area (Å²) >= 11 is 0. The van der Waals surface area contributed by atoms with Gasteiger partial charge in [0.2, 0.25) is 5.91 Å². The van der Waals surface area contributed by atoms with Crippen LogP contribution in [0.15, 0.2) is 30.3 Å². The Hall–Kier alpha value is -1.88. The molecule has 1 fully saturated rings. The average Bonchev–Trinajstić information content (AvgIpc) is 2.47. The van der Waals surface area contributed by atoms with Crippen LogP contribution < -0.4 is 5.73 Å². The fourth-order valence-corrected chi connectivity index (χ4v) is 2.79. The van der Waals surface area contributed by atoms with Crippen LogP contribution in [0.25, 0.3) is 0 Å². The summed E-state index contributed by atoms with van der Waals surface area (Å²) < 4.78 is 0. The maximum atomic E-state index is 12.4. The van der Waals surface area contributed by atoms with Crippen LogP contribution in [0.3, 0.4) is 0 Å². The van der Waals surface area contributed by atoms with Gasteiger partial charge in [-0.3, -0.25) is 9.59 Å². The molecule has 0 aromatic heterocycles. The molecule has 0 radical (unpaired) electrons. The summed E-state index contributed by atoms with van der Waals surface area (Å²) in [5.74, 6) is -1.01. The average molecular weight is 290 g/mol. The summed E-state index contributed by atoms with van der Waals surface area (Å²) in [6.07, 6.45) is 1.77. The molecule has 2 rings (SSSR count). The summed E-state index contributed by atoms with van der Waals surface area (Å²) in [4.78, 5) is 25.4. The lowest BCUT2D eigenvalue weighted by molar-refractivity contribution is -0.153. The Balaban J connectivity index is 2.00. The topological polar surface area (TPSA) is 83.6 Å². The quantitative estimate of drug-likeness (QED) is 0.874. The van der Waals surface area contributed by atoms with Gasteiger partial charge in [-0.25, -0.2) is 0 Å². The second-order valence-electron chi connectivity index (χ2n) is 6.03. The first kappa shape index (κ1) is 15.5. The number of likely N-dealkylation sites (tertiary alicyclic amines) is 1. The molecule has 5 nitrogen and oxygen atoms in total. The number of nitrogens with two attached hydrogens (primary N) is 1. The van der Waals surface area contributed by atoms with Crippen LogP contribution in [0.2, 0.25) is 0 Å². The summed E-state index contributed by atoms with van der Waals surface area (Å²) in [6.45, 7) is 2.52. The molecule has 21 heavy (non-hydrogen) atoms. The van der Waals surface area contributed by atoms with E-state index in [1.807, 2.05) is 30.3 Å². The molecule has 1 amide bonds. The van der Waals surface area contributed by atoms with Crippen molar-refractivity contribution in [3.8, 4) is 0 Å². The minimum absolute atomic E-state index is 0.161. The van der Waals surface area contributed by atoms with E-state index in [0.29, 0.717) is 25.8 Å². The first-order chi connectivity index (χ1) is 9.92. The molecule has 1 saturated heterocycles. The standard InChI is InChI=1S/C16H22N2O3/c1-16(15(20)21)8-5-9-18(11-16)14(19)13(17)10-12-6-3-2-4-7-12/h2-4,6-7,13H,5,8-11,17H2,1H3,(H,20,21). The highest BCUT2D eigenvalue weighted by molar-refractivity contribution is 5.83. The number of carboxylic acid groups (broad SMARTS) is 1. The van der Waals surface area contributed by atoms with Crippen molar-refractivity contribution in [2.75, 3.05) is 13.1 Å². The molecular weight excluding hydrogens is 268 g/mol. The van der Waals surface area contributed by atoms with Crippen molar-refractivity contribution in [2.45, 2.75) is 32.2 Å². The fourth-order valence-electron chi connectivity index (χ4n) is 2.79. The second-order valence-corrected chi connectivity index (χ2v) is 6.03. The molecular formula is C16H22N2O3. The van der Waals surface area contributed by atoms with Gasteiger partial charge in [-0.15, -0.1) is 0 Å². The van der Waals surface area contributed by atoms with E-state index in [4.69, 9.17) is 5.73 Å². The minimum Gasteiger partial charge on any atom is -0.481 e. The molecule has 114 valence electrons. The van der Waals surface area contributed by atoms with E-state index < -0.39 is 17.4 Å². The number of piperidine rings is 1. The van der Waals surface area contributed by atoms with E-state index in [-0.39, 0.29) is 12.5 Å². The summed E-state index contributed by atoms with van der Waals surface area (Å²) in [5, 5.41) is 9.30. The van der Waals surface area contributed by atoms with Gasteiger partial charge >= 0.3 is 5.97 Å². The van der Waals surface area contributed by atoms with Gasteiger partial charge in [0.1, 0.15) is 0 Å². The molecule has 1 aliphatic rings. The van der Waals surface area contributed by atoms with E-state index in [2.05, 4.69) is 0 Å². The van der Waals surface area contributed by atoms with Gasteiger partial charge in [-0.2, -0.15) is 0 Å². The normalized spacial score (nSPS) is 23.6. The number of carboxylic acids is 1. The van der Waals surface area contributed by atoms with Gasteiger partial charge in [0.05, 0.1) is 11.5 Å². The molecule has 1 aromatic carbocycles. The van der Waals surface area contributed by atoms with Crippen LogP contribution in [-0.4, -0.2) is 41.0 Å². The monoisotopic (exact) mass is 290 g/mol. The van der Waals surface area contributed by atoms with E-state index >= 15 is 0 Å². The fraction of sp³-hybridized carbons (Fsp3) is 0.500. The maximum Gasteiger partial charge on any atom is 0.311 e. The smallest absolute Gasteiger partial charge is 0.311 e. The zero-order valence-electron chi connectivity index (χ0n) is 12.3. The summed E-state index contributed by atoms with van der Waals surface area (Å²) in [6, 6.07) is 8.99. The molecule has 1 aliphatic heterocycles. The third kappa shape index (κ3) is 3.61. The largest absolute Gasteiger partial charge is 0.481 e. The summed E-state index contributed by atoms with van der Waals surface area (Å²) in [7, 11) is 0. The van der Waals surface area contributed by atoms with Gasteiger partial charge in [-0.1, -0.05) is 30.3 Å². The molecule has 3 N–H and O–H groups in total.